The highest BCUT2D eigenvalue weighted by Crippen LogP contribution is 2.38. The standard InChI is InChI=1S/C20H23BrN2O3S/c1-26-12-6-11-22-19(25)17-14-8-3-5-10-16(14)27-20(17)23-18(24)13-7-2-4-9-15(13)21/h2,4,7,9H,3,5-6,8,10-12H2,1H3,(H,22,25)(H,23,24). The van der Waals surface area contributed by atoms with E-state index in [0.717, 1.165) is 42.1 Å². The third-order valence-electron chi connectivity index (χ3n) is 4.55. The van der Waals surface area contributed by atoms with Crippen molar-refractivity contribution >= 4 is 44.1 Å². The van der Waals surface area contributed by atoms with E-state index in [9.17, 15) is 9.59 Å². The van der Waals surface area contributed by atoms with Crippen LogP contribution in [-0.2, 0) is 17.6 Å². The summed E-state index contributed by atoms with van der Waals surface area (Å²) in [6.45, 7) is 1.16. The van der Waals surface area contributed by atoms with Gasteiger partial charge in [-0.1, -0.05) is 12.1 Å². The van der Waals surface area contributed by atoms with E-state index in [4.69, 9.17) is 4.74 Å². The lowest BCUT2D eigenvalue weighted by Crippen LogP contribution is -2.27. The van der Waals surface area contributed by atoms with Gasteiger partial charge in [0.15, 0.2) is 0 Å². The molecule has 1 aliphatic carbocycles. The van der Waals surface area contributed by atoms with Crippen LogP contribution < -0.4 is 10.6 Å². The van der Waals surface area contributed by atoms with E-state index < -0.39 is 0 Å². The Bertz CT molecular complexity index is 835. The molecule has 0 bridgehead atoms. The summed E-state index contributed by atoms with van der Waals surface area (Å²) >= 11 is 4.95. The Labute approximate surface area is 171 Å². The maximum Gasteiger partial charge on any atom is 0.257 e. The molecule has 2 aromatic rings. The van der Waals surface area contributed by atoms with Gasteiger partial charge in [-0.05, 0) is 65.7 Å². The first-order chi connectivity index (χ1) is 13.1. The molecule has 0 fully saturated rings. The third-order valence-corrected chi connectivity index (χ3v) is 6.45. The molecule has 1 aliphatic rings. The minimum absolute atomic E-state index is 0.118. The van der Waals surface area contributed by atoms with Crippen LogP contribution in [0.3, 0.4) is 0 Å². The maximum atomic E-state index is 12.8. The van der Waals surface area contributed by atoms with Gasteiger partial charge in [-0.15, -0.1) is 11.3 Å². The van der Waals surface area contributed by atoms with Gasteiger partial charge in [0.2, 0.25) is 0 Å². The van der Waals surface area contributed by atoms with Crippen molar-refractivity contribution in [3.8, 4) is 0 Å². The molecule has 0 atom stereocenters. The normalized spacial score (nSPS) is 13.1. The van der Waals surface area contributed by atoms with Crippen molar-refractivity contribution in [2.45, 2.75) is 32.1 Å². The second-order valence-corrected chi connectivity index (χ2v) is 8.41. The Balaban J connectivity index is 1.84. The Morgan fingerprint density at radius 3 is 2.74 bits per heavy atom. The number of methoxy groups -OCH3 is 1. The van der Waals surface area contributed by atoms with Crippen LogP contribution in [0.1, 0.15) is 50.4 Å². The van der Waals surface area contributed by atoms with Crippen molar-refractivity contribution in [2.75, 3.05) is 25.6 Å². The Morgan fingerprint density at radius 2 is 1.96 bits per heavy atom. The maximum absolute atomic E-state index is 12.8. The molecule has 0 spiro atoms. The number of hydrogen-bond acceptors (Lipinski definition) is 4. The van der Waals surface area contributed by atoms with E-state index in [1.54, 1.807) is 13.2 Å². The van der Waals surface area contributed by atoms with Gasteiger partial charge in [-0.3, -0.25) is 9.59 Å². The zero-order chi connectivity index (χ0) is 19.2. The smallest absolute Gasteiger partial charge is 0.257 e. The van der Waals surface area contributed by atoms with Crippen LogP contribution in [0.15, 0.2) is 28.7 Å². The van der Waals surface area contributed by atoms with Gasteiger partial charge in [0.25, 0.3) is 11.8 Å². The fourth-order valence-corrected chi connectivity index (χ4v) is 4.96. The molecule has 0 radical (unpaired) electrons. The molecule has 0 aliphatic heterocycles. The first-order valence-corrected chi connectivity index (χ1v) is 10.7. The average molecular weight is 451 g/mol. The lowest BCUT2D eigenvalue weighted by molar-refractivity contribution is 0.0948. The monoisotopic (exact) mass is 450 g/mol. The van der Waals surface area contributed by atoms with Crippen molar-refractivity contribution in [3.63, 3.8) is 0 Å². The lowest BCUT2D eigenvalue weighted by atomic mass is 9.95. The van der Waals surface area contributed by atoms with Crippen molar-refractivity contribution in [1.82, 2.24) is 5.32 Å². The van der Waals surface area contributed by atoms with E-state index in [2.05, 4.69) is 26.6 Å². The summed E-state index contributed by atoms with van der Waals surface area (Å²) in [6.07, 6.45) is 4.81. The molecule has 1 aromatic heterocycles. The molecule has 2 amide bonds. The lowest BCUT2D eigenvalue weighted by Gasteiger charge is -2.13. The number of hydrogen-bond donors (Lipinski definition) is 2. The van der Waals surface area contributed by atoms with E-state index >= 15 is 0 Å². The molecule has 1 heterocycles. The number of carbonyl (C=O) groups is 2. The number of thiophene rings is 1. The number of nitrogens with one attached hydrogen (secondary N) is 2. The quantitative estimate of drug-likeness (QED) is 0.613. The van der Waals surface area contributed by atoms with E-state index in [-0.39, 0.29) is 11.8 Å². The Hall–Kier alpha value is -1.70. The molecule has 0 saturated heterocycles. The Kier molecular flexibility index (Phi) is 7.04. The minimum atomic E-state index is -0.213. The molecule has 2 N–H and O–H groups in total. The molecule has 3 rings (SSSR count). The third kappa shape index (κ3) is 4.78. The summed E-state index contributed by atoms with van der Waals surface area (Å²) in [6, 6.07) is 7.28. The zero-order valence-corrected chi connectivity index (χ0v) is 17.7. The highest BCUT2D eigenvalue weighted by molar-refractivity contribution is 9.10. The number of fused-ring (bicyclic) bond motifs is 1. The molecule has 0 saturated carbocycles. The number of rotatable bonds is 7. The van der Waals surface area contributed by atoms with Crippen molar-refractivity contribution < 1.29 is 14.3 Å². The van der Waals surface area contributed by atoms with Gasteiger partial charge in [0.05, 0.1) is 11.1 Å². The molecular weight excluding hydrogens is 428 g/mol. The molecule has 5 nitrogen and oxygen atoms in total. The molecular formula is C20H23BrN2O3S. The molecule has 1 aromatic carbocycles. The number of benzene rings is 1. The van der Waals surface area contributed by atoms with Crippen molar-refractivity contribution in [3.05, 3.63) is 50.3 Å². The predicted molar refractivity (Wildman–Crippen MR) is 112 cm³/mol. The van der Waals surface area contributed by atoms with Crippen molar-refractivity contribution in [2.24, 2.45) is 0 Å². The van der Waals surface area contributed by atoms with Crippen LogP contribution in [0.5, 0.6) is 0 Å². The largest absolute Gasteiger partial charge is 0.385 e. The molecule has 27 heavy (non-hydrogen) atoms. The van der Waals surface area contributed by atoms with Gasteiger partial charge in [0.1, 0.15) is 5.00 Å². The second kappa shape index (κ2) is 9.48. The highest BCUT2D eigenvalue weighted by Gasteiger charge is 2.26. The van der Waals surface area contributed by atoms with Crippen LogP contribution in [0.2, 0.25) is 0 Å². The van der Waals surface area contributed by atoms with E-state index in [1.165, 1.54) is 16.2 Å². The van der Waals surface area contributed by atoms with Crippen LogP contribution in [-0.4, -0.2) is 32.1 Å². The number of anilines is 1. The predicted octanol–water partition coefficient (Wildman–Crippen LogP) is 4.41. The fourth-order valence-electron chi connectivity index (χ4n) is 3.22. The molecule has 0 unspecified atom stereocenters. The number of amides is 2. The van der Waals surface area contributed by atoms with Crippen LogP contribution in [0.4, 0.5) is 5.00 Å². The SMILES string of the molecule is COCCCNC(=O)c1c(NC(=O)c2ccccc2Br)sc2c1CCCC2. The first-order valence-electron chi connectivity index (χ1n) is 9.09. The second-order valence-electron chi connectivity index (χ2n) is 6.45. The van der Waals surface area contributed by atoms with Gasteiger partial charge in [-0.25, -0.2) is 0 Å². The fraction of sp³-hybridized carbons (Fsp3) is 0.400. The zero-order valence-electron chi connectivity index (χ0n) is 15.3. The summed E-state index contributed by atoms with van der Waals surface area (Å²) < 4.78 is 5.76. The highest BCUT2D eigenvalue weighted by atomic mass is 79.9. The summed E-state index contributed by atoms with van der Waals surface area (Å²) in [5.74, 6) is -0.331. The molecule has 144 valence electrons. The topological polar surface area (TPSA) is 67.4 Å². The van der Waals surface area contributed by atoms with Crippen LogP contribution in [0.25, 0.3) is 0 Å². The van der Waals surface area contributed by atoms with Gasteiger partial charge in [-0.2, -0.15) is 0 Å². The van der Waals surface area contributed by atoms with Gasteiger partial charge in [0, 0.05) is 29.6 Å². The number of carbonyl (C=O) groups excluding carboxylic acids is 2. The average Bonchev–Trinajstić information content (AvgIpc) is 3.03. The van der Waals surface area contributed by atoms with Crippen LogP contribution in [0, 0.1) is 0 Å². The Morgan fingerprint density at radius 1 is 1.19 bits per heavy atom. The van der Waals surface area contributed by atoms with E-state index in [0.29, 0.717) is 29.3 Å². The summed E-state index contributed by atoms with van der Waals surface area (Å²) in [5.41, 5.74) is 2.28. The van der Waals surface area contributed by atoms with Gasteiger partial charge >= 0.3 is 0 Å². The van der Waals surface area contributed by atoms with Crippen LogP contribution >= 0.6 is 27.3 Å². The number of ether oxygens (including phenoxy) is 1. The minimum Gasteiger partial charge on any atom is -0.385 e. The number of aryl methyl sites for hydroxylation is 1. The summed E-state index contributed by atoms with van der Waals surface area (Å²) in [4.78, 5) is 26.8. The molecule has 7 heteroatoms. The van der Waals surface area contributed by atoms with Crippen molar-refractivity contribution in [1.29, 1.82) is 0 Å². The number of halogens is 1. The van der Waals surface area contributed by atoms with E-state index in [1.807, 2.05) is 18.2 Å². The first kappa shape index (κ1) is 20.0. The summed E-state index contributed by atoms with van der Waals surface area (Å²) in [7, 11) is 1.65. The van der Waals surface area contributed by atoms with Gasteiger partial charge < -0.3 is 15.4 Å². The summed E-state index contributed by atoms with van der Waals surface area (Å²) in [5, 5.41) is 6.58.